The van der Waals surface area contributed by atoms with Crippen LogP contribution in [0.1, 0.15) is 15.9 Å². The molecule has 0 amide bonds. The van der Waals surface area contributed by atoms with Gasteiger partial charge in [-0.05, 0) is 43.3 Å². The normalized spacial score (nSPS) is 11.6. The second kappa shape index (κ2) is 26.6. The van der Waals surface area contributed by atoms with Crippen molar-refractivity contribution in [3.05, 3.63) is 59.7 Å². The summed E-state index contributed by atoms with van der Waals surface area (Å²) >= 11 is 0. The van der Waals surface area contributed by atoms with Gasteiger partial charge in [0.05, 0.1) is 117 Å². The van der Waals surface area contributed by atoms with Crippen LogP contribution in [-0.4, -0.2) is 134 Å². The molecule has 0 aromatic heterocycles. The number of rotatable bonds is 31. The zero-order chi connectivity index (χ0) is 33.0. The molecule has 0 atom stereocenters. The number of hydrogen-bond acceptors (Lipinski definition) is 13. The Balaban J connectivity index is 1.20. The molecule has 0 N–H and O–H groups in total. The van der Waals surface area contributed by atoms with Crippen LogP contribution < -0.4 is 4.74 Å². The summed E-state index contributed by atoms with van der Waals surface area (Å²) in [6.07, 6.45) is 0.792. The number of aldehydes is 1. The number of carbonyl (C=O) groups is 1. The lowest BCUT2D eigenvalue weighted by Crippen LogP contribution is -2.15. The van der Waals surface area contributed by atoms with Gasteiger partial charge in [-0.25, -0.2) is 0 Å². The van der Waals surface area contributed by atoms with Gasteiger partial charge in [0.1, 0.15) is 18.6 Å². The van der Waals surface area contributed by atoms with Crippen LogP contribution in [0.2, 0.25) is 0 Å². The second-order valence-electron chi connectivity index (χ2n) is 9.52. The molecule has 14 heteroatoms. The molecule has 0 aliphatic rings. The number of hydrogen-bond donors (Lipinski definition) is 0. The molecule has 0 saturated heterocycles. The highest BCUT2D eigenvalue weighted by molar-refractivity contribution is 7.86. The van der Waals surface area contributed by atoms with E-state index < -0.39 is 10.1 Å². The second-order valence-corrected chi connectivity index (χ2v) is 11.1. The minimum absolute atomic E-state index is 0.0625. The van der Waals surface area contributed by atoms with Gasteiger partial charge >= 0.3 is 0 Å². The van der Waals surface area contributed by atoms with Crippen LogP contribution in [0.5, 0.6) is 5.75 Å². The Hall–Kier alpha value is -2.50. The topological polar surface area (TPSA) is 144 Å². The molecule has 0 saturated carbocycles. The van der Waals surface area contributed by atoms with Crippen LogP contribution in [0.25, 0.3) is 0 Å². The summed E-state index contributed by atoms with van der Waals surface area (Å²) in [7, 11) is -3.78. The largest absolute Gasteiger partial charge is 0.491 e. The molecular weight excluding hydrogens is 624 g/mol. The summed E-state index contributed by atoms with van der Waals surface area (Å²) in [5.41, 5.74) is 1.58. The lowest BCUT2D eigenvalue weighted by Gasteiger charge is -2.09. The van der Waals surface area contributed by atoms with Crippen molar-refractivity contribution in [3.8, 4) is 5.75 Å². The third-order valence-corrected chi connectivity index (χ3v) is 7.22. The third-order valence-electron chi connectivity index (χ3n) is 5.89. The molecule has 0 unspecified atom stereocenters. The Labute approximate surface area is 272 Å². The fraction of sp³-hybridized carbons (Fsp3) is 0.594. The first-order chi connectivity index (χ1) is 22.5. The van der Waals surface area contributed by atoms with Crippen LogP contribution in [0.15, 0.2) is 53.4 Å². The van der Waals surface area contributed by atoms with E-state index in [-0.39, 0.29) is 18.1 Å². The monoisotopic (exact) mass is 672 g/mol. The van der Waals surface area contributed by atoms with Gasteiger partial charge in [0, 0.05) is 5.56 Å². The van der Waals surface area contributed by atoms with Crippen LogP contribution >= 0.6 is 0 Å². The van der Waals surface area contributed by atoms with Crippen molar-refractivity contribution in [2.45, 2.75) is 11.8 Å². The smallest absolute Gasteiger partial charge is 0.297 e. The van der Waals surface area contributed by atoms with Gasteiger partial charge in [0.25, 0.3) is 10.1 Å². The predicted molar refractivity (Wildman–Crippen MR) is 168 cm³/mol. The molecule has 0 bridgehead atoms. The van der Waals surface area contributed by atoms with Crippen LogP contribution in [-0.2, 0) is 52.2 Å². The number of aryl methyl sites for hydroxylation is 1. The molecule has 0 radical (unpaired) electrons. The molecule has 260 valence electrons. The van der Waals surface area contributed by atoms with Crippen molar-refractivity contribution < 1.29 is 60.0 Å². The average Bonchev–Trinajstić information content (AvgIpc) is 3.06. The van der Waals surface area contributed by atoms with E-state index in [9.17, 15) is 13.2 Å². The summed E-state index contributed by atoms with van der Waals surface area (Å²) in [5, 5.41) is 0. The zero-order valence-corrected chi connectivity index (χ0v) is 27.5. The highest BCUT2D eigenvalue weighted by Gasteiger charge is 2.14. The van der Waals surface area contributed by atoms with Crippen molar-refractivity contribution >= 4 is 16.4 Å². The Kier molecular flexibility index (Phi) is 22.9. The minimum Gasteiger partial charge on any atom is -0.491 e. The molecule has 13 nitrogen and oxygen atoms in total. The SMILES string of the molecule is Cc1ccc(S(=O)(=O)OCCOCCOCCOCCOCCOCCOCCOCCOCCOc2ccc(C=O)cc2)cc1. The van der Waals surface area contributed by atoms with Gasteiger partial charge in [-0.3, -0.25) is 8.98 Å². The van der Waals surface area contributed by atoms with E-state index >= 15 is 0 Å². The summed E-state index contributed by atoms with van der Waals surface area (Å²) in [4.78, 5) is 10.8. The molecular formula is C32H48O13S. The molecule has 0 spiro atoms. The Morgan fingerprint density at radius 3 is 1.20 bits per heavy atom. The molecule has 0 aliphatic carbocycles. The molecule has 0 aliphatic heterocycles. The van der Waals surface area contributed by atoms with Crippen molar-refractivity contribution in [1.29, 1.82) is 0 Å². The summed E-state index contributed by atoms with van der Waals surface area (Å²) < 4.78 is 78.1. The Bertz CT molecular complexity index is 1110. The van der Waals surface area contributed by atoms with E-state index in [1.165, 1.54) is 12.1 Å². The molecule has 46 heavy (non-hydrogen) atoms. The number of ether oxygens (including phenoxy) is 9. The zero-order valence-electron chi connectivity index (χ0n) is 26.6. The fourth-order valence-electron chi connectivity index (χ4n) is 3.48. The van der Waals surface area contributed by atoms with Crippen LogP contribution in [0.3, 0.4) is 0 Å². The van der Waals surface area contributed by atoms with Crippen molar-refractivity contribution in [2.24, 2.45) is 0 Å². The maximum atomic E-state index is 12.1. The van der Waals surface area contributed by atoms with Gasteiger partial charge in [-0.15, -0.1) is 0 Å². The number of carbonyl (C=O) groups excluding carboxylic acids is 1. The van der Waals surface area contributed by atoms with Crippen molar-refractivity contribution in [3.63, 3.8) is 0 Å². The first-order valence-electron chi connectivity index (χ1n) is 15.3. The van der Waals surface area contributed by atoms with Crippen molar-refractivity contribution in [1.82, 2.24) is 0 Å². The van der Waals surface area contributed by atoms with Gasteiger partial charge in [-0.1, -0.05) is 17.7 Å². The van der Waals surface area contributed by atoms with Crippen LogP contribution in [0, 0.1) is 6.92 Å². The van der Waals surface area contributed by atoms with Crippen molar-refractivity contribution in [2.75, 3.05) is 119 Å². The summed E-state index contributed by atoms with van der Waals surface area (Å²) in [5.74, 6) is 0.695. The van der Waals surface area contributed by atoms with E-state index in [2.05, 4.69) is 0 Å². The van der Waals surface area contributed by atoms with Crippen LogP contribution in [0.4, 0.5) is 0 Å². The highest BCUT2D eigenvalue weighted by atomic mass is 32.2. The quantitative estimate of drug-likeness (QED) is 0.0659. The first-order valence-corrected chi connectivity index (χ1v) is 16.7. The average molecular weight is 673 g/mol. The van der Waals surface area contributed by atoms with Gasteiger partial charge in [0.2, 0.25) is 0 Å². The standard InChI is InChI=1S/C32H48O13S/c1-29-2-8-32(9-3-29)46(34,35)45-27-25-43-23-21-41-19-17-39-15-13-37-11-10-36-12-14-38-16-18-40-20-22-42-24-26-44-31-6-4-30(28-33)5-7-31/h2-9,28H,10-27H2,1H3. The van der Waals surface area contributed by atoms with E-state index in [1.807, 2.05) is 6.92 Å². The molecule has 0 heterocycles. The van der Waals surface area contributed by atoms with E-state index in [4.69, 9.17) is 46.8 Å². The van der Waals surface area contributed by atoms with E-state index in [0.29, 0.717) is 117 Å². The minimum atomic E-state index is -3.78. The summed E-state index contributed by atoms with van der Waals surface area (Å²) in [6.45, 7) is 9.06. The predicted octanol–water partition coefficient (Wildman–Crippen LogP) is 2.72. The fourth-order valence-corrected chi connectivity index (χ4v) is 4.37. The Morgan fingerprint density at radius 2 is 0.826 bits per heavy atom. The van der Waals surface area contributed by atoms with E-state index in [0.717, 1.165) is 11.8 Å². The highest BCUT2D eigenvalue weighted by Crippen LogP contribution is 2.13. The maximum Gasteiger partial charge on any atom is 0.297 e. The molecule has 2 aromatic carbocycles. The third kappa shape index (κ3) is 20.6. The maximum absolute atomic E-state index is 12.1. The van der Waals surface area contributed by atoms with E-state index in [1.54, 1.807) is 36.4 Å². The van der Waals surface area contributed by atoms with Gasteiger partial charge in [-0.2, -0.15) is 8.42 Å². The first kappa shape index (κ1) is 39.7. The van der Waals surface area contributed by atoms with Gasteiger partial charge in [0.15, 0.2) is 0 Å². The lowest BCUT2D eigenvalue weighted by molar-refractivity contribution is -0.0240. The summed E-state index contributed by atoms with van der Waals surface area (Å²) in [6, 6.07) is 13.4. The molecule has 0 fully saturated rings. The Morgan fingerprint density at radius 1 is 0.478 bits per heavy atom. The van der Waals surface area contributed by atoms with Gasteiger partial charge < -0.3 is 42.6 Å². The number of benzene rings is 2. The molecule has 2 rings (SSSR count). The molecule has 2 aromatic rings. The lowest BCUT2D eigenvalue weighted by atomic mass is 10.2.